The van der Waals surface area contributed by atoms with Crippen molar-refractivity contribution >= 4 is 24.2 Å². The summed E-state index contributed by atoms with van der Waals surface area (Å²) >= 11 is 0. The van der Waals surface area contributed by atoms with Crippen LogP contribution in [0.2, 0.25) is 0 Å². The number of hydrogen-bond acceptors (Lipinski definition) is 5. The minimum Gasteiger partial charge on any atom is -0.350 e. The Bertz CT molecular complexity index is 579. The van der Waals surface area contributed by atoms with Gasteiger partial charge in [0.25, 0.3) is 0 Å². The van der Waals surface area contributed by atoms with Crippen LogP contribution in [-0.4, -0.2) is 69.2 Å². The lowest BCUT2D eigenvalue weighted by molar-refractivity contribution is -0.133. The number of halogens is 1. The molecule has 2 aliphatic heterocycles. The van der Waals surface area contributed by atoms with Crippen LogP contribution in [0.15, 0.2) is 6.20 Å². The average molecular weight is 371 g/mol. The van der Waals surface area contributed by atoms with Gasteiger partial charge in [-0.25, -0.2) is 0 Å². The normalized spacial score (nSPS) is 24.0. The van der Waals surface area contributed by atoms with Crippen LogP contribution in [0.1, 0.15) is 32.4 Å². The largest absolute Gasteiger partial charge is 0.350 e. The van der Waals surface area contributed by atoms with Gasteiger partial charge in [-0.1, -0.05) is 13.8 Å². The highest BCUT2D eigenvalue weighted by molar-refractivity contribution is 5.86. The maximum Gasteiger partial charge on any atom is 0.239 e. The molecule has 2 fully saturated rings. The number of nitrogens with one attached hydrogen (secondary N) is 2. The van der Waals surface area contributed by atoms with Gasteiger partial charge in [-0.2, -0.15) is 15.4 Å². The lowest BCUT2D eigenvalue weighted by atomic mass is 9.91. The summed E-state index contributed by atoms with van der Waals surface area (Å²) in [5, 5.41) is 13.7. The van der Waals surface area contributed by atoms with E-state index in [1.165, 1.54) is 0 Å². The van der Waals surface area contributed by atoms with Crippen LogP contribution < -0.4 is 5.32 Å². The van der Waals surface area contributed by atoms with Gasteiger partial charge >= 0.3 is 0 Å². The summed E-state index contributed by atoms with van der Waals surface area (Å²) in [6.07, 6.45) is 3.15. The minimum absolute atomic E-state index is 0. The van der Waals surface area contributed by atoms with Crippen LogP contribution in [0, 0.1) is 11.8 Å². The predicted molar refractivity (Wildman–Crippen MR) is 95.0 cm³/mol. The molecule has 9 heteroatoms. The van der Waals surface area contributed by atoms with Crippen LogP contribution in [0.3, 0.4) is 0 Å². The lowest BCUT2D eigenvalue weighted by Crippen LogP contribution is -2.46. The van der Waals surface area contributed by atoms with Gasteiger partial charge in [0.15, 0.2) is 0 Å². The first-order valence-electron chi connectivity index (χ1n) is 8.67. The molecule has 25 heavy (non-hydrogen) atoms. The van der Waals surface area contributed by atoms with Crippen molar-refractivity contribution in [3.05, 3.63) is 11.9 Å². The van der Waals surface area contributed by atoms with Crippen molar-refractivity contribution in [1.82, 2.24) is 30.5 Å². The van der Waals surface area contributed by atoms with E-state index < -0.39 is 0 Å². The van der Waals surface area contributed by atoms with Gasteiger partial charge in [0.05, 0.1) is 18.4 Å². The molecule has 0 aromatic carbocycles. The molecule has 3 heterocycles. The molecular formula is C16H27ClN6O2. The standard InChI is InChI=1S/C16H26N6O2.ClH/c1-11(2)13-8-21(7-12-6-17-20-19-12)9-14(13)18-15(23)10-22-5-3-4-16(22)24;/h6,11,13-14H,3-5,7-10H2,1-2H3,(H,18,23)(H,17,19,20);1H/t13-,14+;/m1./s1. The van der Waals surface area contributed by atoms with Gasteiger partial charge in [0.1, 0.15) is 0 Å². The average Bonchev–Trinajstić information content (AvgIpc) is 3.23. The molecule has 3 rings (SSSR count). The molecule has 0 spiro atoms. The van der Waals surface area contributed by atoms with Crippen LogP contribution in [-0.2, 0) is 16.1 Å². The summed E-state index contributed by atoms with van der Waals surface area (Å²) in [7, 11) is 0. The van der Waals surface area contributed by atoms with Crippen LogP contribution in [0.4, 0.5) is 0 Å². The highest BCUT2D eigenvalue weighted by Crippen LogP contribution is 2.25. The Hall–Kier alpha value is -1.67. The number of hydrogen-bond donors (Lipinski definition) is 2. The fourth-order valence-corrected chi connectivity index (χ4v) is 3.70. The van der Waals surface area contributed by atoms with E-state index in [4.69, 9.17) is 0 Å². The number of aromatic nitrogens is 3. The van der Waals surface area contributed by atoms with Gasteiger partial charge in [0.2, 0.25) is 11.8 Å². The van der Waals surface area contributed by atoms with Crippen LogP contribution >= 0.6 is 12.4 Å². The molecule has 1 aromatic heterocycles. The summed E-state index contributed by atoms with van der Waals surface area (Å²) in [6.45, 7) is 7.72. The van der Waals surface area contributed by atoms with E-state index in [-0.39, 0.29) is 36.8 Å². The second-order valence-corrected chi connectivity index (χ2v) is 7.16. The summed E-state index contributed by atoms with van der Waals surface area (Å²) < 4.78 is 0. The first kappa shape index (κ1) is 19.7. The maximum atomic E-state index is 12.3. The monoisotopic (exact) mass is 370 g/mol. The van der Waals surface area contributed by atoms with E-state index in [1.54, 1.807) is 11.1 Å². The number of aromatic amines is 1. The molecule has 2 saturated heterocycles. The Balaban J connectivity index is 0.00000225. The molecule has 1 aromatic rings. The molecule has 2 atom stereocenters. The first-order chi connectivity index (χ1) is 11.5. The van der Waals surface area contributed by atoms with Crippen molar-refractivity contribution in [2.75, 3.05) is 26.2 Å². The Morgan fingerprint density at radius 3 is 2.84 bits per heavy atom. The molecule has 140 valence electrons. The van der Waals surface area contributed by atoms with E-state index in [9.17, 15) is 9.59 Å². The van der Waals surface area contributed by atoms with E-state index >= 15 is 0 Å². The number of rotatable bonds is 6. The number of likely N-dealkylation sites (tertiary alicyclic amines) is 2. The van der Waals surface area contributed by atoms with Crippen LogP contribution in [0.25, 0.3) is 0 Å². The fourth-order valence-electron chi connectivity index (χ4n) is 3.70. The quantitative estimate of drug-likeness (QED) is 0.757. The van der Waals surface area contributed by atoms with Crippen LogP contribution in [0.5, 0.6) is 0 Å². The minimum atomic E-state index is -0.0517. The van der Waals surface area contributed by atoms with Gasteiger partial charge in [-0.3, -0.25) is 14.5 Å². The Kier molecular flexibility index (Phi) is 6.78. The summed E-state index contributed by atoms with van der Waals surface area (Å²) in [5.74, 6) is 0.912. The van der Waals surface area contributed by atoms with Gasteiger partial charge < -0.3 is 10.2 Å². The zero-order valence-corrected chi connectivity index (χ0v) is 15.6. The summed E-state index contributed by atoms with van der Waals surface area (Å²) in [4.78, 5) is 28.0. The highest BCUT2D eigenvalue weighted by atomic mass is 35.5. The van der Waals surface area contributed by atoms with Gasteiger partial charge in [0, 0.05) is 38.6 Å². The number of carbonyl (C=O) groups excluding carboxylic acids is 2. The number of H-pyrrole nitrogens is 1. The topological polar surface area (TPSA) is 94.2 Å². The third-order valence-corrected chi connectivity index (χ3v) is 5.00. The Morgan fingerprint density at radius 1 is 1.44 bits per heavy atom. The van der Waals surface area contributed by atoms with Gasteiger partial charge in [-0.15, -0.1) is 12.4 Å². The second-order valence-electron chi connectivity index (χ2n) is 7.16. The molecule has 0 aliphatic carbocycles. The fraction of sp³-hybridized carbons (Fsp3) is 0.750. The molecule has 2 aliphatic rings. The van der Waals surface area contributed by atoms with Crippen molar-refractivity contribution < 1.29 is 9.59 Å². The van der Waals surface area contributed by atoms with E-state index in [0.29, 0.717) is 24.8 Å². The van der Waals surface area contributed by atoms with Crippen molar-refractivity contribution in [2.45, 2.75) is 39.3 Å². The molecule has 0 unspecified atom stereocenters. The molecule has 0 bridgehead atoms. The van der Waals surface area contributed by atoms with Gasteiger partial charge in [-0.05, 0) is 18.3 Å². The van der Waals surface area contributed by atoms with E-state index in [2.05, 4.69) is 39.5 Å². The highest BCUT2D eigenvalue weighted by Gasteiger charge is 2.36. The van der Waals surface area contributed by atoms with E-state index in [1.807, 2.05) is 0 Å². The SMILES string of the molecule is CC(C)[C@H]1CN(Cc2cn[nH]n2)C[C@@H]1NC(=O)CN1CCCC1=O.Cl. The number of nitrogens with zero attached hydrogens (tertiary/aromatic N) is 4. The number of amides is 2. The maximum absolute atomic E-state index is 12.3. The Labute approximate surface area is 154 Å². The predicted octanol–water partition coefficient (Wildman–Crippen LogP) is 0.422. The molecule has 2 N–H and O–H groups in total. The first-order valence-corrected chi connectivity index (χ1v) is 8.67. The summed E-state index contributed by atoms with van der Waals surface area (Å²) in [5.41, 5.74) is 0.909. The molecule has 2 amide bonds. The van der Waals surface area contributed by atoms with E-state index in [0.717, 1.165) is 31.7 Å². The number of carbonyl (C=O) groups is 2. The Morgan fingerprint density at radius 2 is 2.24 bits per heavy atom. The van der Waals surface area contributed by atoms with Crippen molar-refractivity contribution in [1.29, 1.82) is 0 Å². The van der Waals surface area contributed by atoms with Crippen molar-refractivity contribution in [3.8, 4) is 0 Å². The molecule has 0 saturated carbocycles. The second kappa shape index (κ2) is 8.62. The zero-order chi connectivity index (χ0) is 17.1. The third-order valence-electron chi connectivity index (χ3n) is 5.00. The van der Waals surface area contributed by atoms with Crippen molar-refractivity contribution in [3.63, 3.8) is 0 Å². The molecule has 0 radical (unpaired) electrons. The molecule has 8 nitrogen and oxygen atoms in total. The zero-order valence-electron chi connectivity index (χ0n) is 14.8. The third kappa shape index (κ3) is 4.92. The van der Waals surface area contributed by atoms with Crippen molar-refractivity contribution in [2.24, 2.45) is 11.8 Å². The molecular weight excluding hydrogens is 344 g/mol. The summed E-state index contributed by atoms with van der Waals surface area (Å²) in [6, 6.07) is 0.113. The smallest absolute Gasteiger partial charge is 0.239 e. The lowest BCUT2D eigenvalue weighted by Gasteiger charge is -2.24.